The first-order chi connectivity index (χ1) is 7.27. The van der Waals surface area contributed by atoms with Gasteiger partial charge in [-0.05, 0) is 12.1 Å². The number of aliphatic hydroxyl groups is 1. The molecule has 0 saturated heterocycles. The molecule has 1 aromatic rings. The van der Waals surface area contributed by atoms with Gasteiger partial charge in [0.2, 0.25) is 0 Å². The van der Waals surface area contributed by atoms with Crippen molar-refractivity contribution in [3.63, 3.8) is 0 Å². The first-order valence-corrected chi connectivity index (χ1v) is 4.56. The average Bonchev–Trinajstić information content (AvgIpc) is 2.27. The molecular weight excluding hydrogens is 190 g/mol. The van der Waals surface area contributed by atoms with Crippen LogP contribution < -0.4 is 5.32 Å². The fourth-order valence-corrected chi connectivity index (χ4v) is 1.14. The lowest BCUT2D eigenvalue weighted by molar-refractivity contribution is 0.193. The van der Waals surface area contributed by atoms with Gasteiger partial charge in [0, 0.05) is 6.54 Å². The van der Waals surface area contributed by atoms with Gasteiger partial charge in [0.25, 0.3) is 0 Å². The minimum absolute atomic E-state index is 0.0850. The third kappa shape index (κ3) is 3.30. The van der Waals surface area contributed by atoms with Gasteiger partial charge in [0.15, 0.2) is 0 Å². The summed E-state index contributed by atoms with van der Waals surface area (Å²) in [6, 6.07) is 11.0. The minimum atomic E-state index is -0.707. The van der Waals surface area contributed by atoms with Crippen molar-refractivity contribution >= 4 is 5.69 Å². The number of nitrogens with zero attached hydrogens (tertiary/aromatic N) is 2. The first kappa shape index (κ1) is 11.0. The van der Waals surface area contributed by atoms with E-state index in [-0.39, 0.29) is 13.0 Å². The summed E-state index contributed by atoms with van der Waals surface area (Å²) in [5.41, 5.74) is 1.21. The molecule has 1 unspecified atom stereocenters. The van der Waals surface area contributed by atoms with Gasteiger partial charge in [-0.1, -0.05) is 12.1 Å². The second-order valence-corrected chi connectivity index (χ2v) is 3.05. The molecule has 15 heavy (non-hydrogen) atoms. The van der Waals surface area contributed by atoms with Gasteiger partial charge in [0.1, 0.15) is 6.07 Å². The smallest absolute Gasteiger partial charge is 0.101 e. The van der Waals surface area contributed by atoms with Crippen molar-refractivity contribution in [3.05, 3.63) is 29.8 Å². The summed E-state index contributed by atoms with van der Waals surface area (Å²) in [5, 5.41) is 29.4. The Hall–Kier alpha value is -2.04. The lowest BCUT2D eigenvalue weighted by atomic mass is 10.2. The Morgan fingerprint density at radius 2 is 2.07 bits per heavy atom. The van der Waals surface area contributed by atoms with E-state index in [1.807, 2.05) is 12.1 Å². The van der Waals surface area contributed by atoms with Gasteiger partial charge < -0.3 is 10.4 Å². The zero-order valence-electron chi connectivity index (χ0n) is 8.14. The van der Waals surface area contributed by atoms with Crippen LogP contribution in [0.25, 0.3) is 0 Å². The summed E-state index contributed by atoms with van der Waals surface area (Å²) in [6.45, 7) is 0.270. The van der Waals surface area contributed by atoms with Gasteiger partial charge in [-0.2, -0.15) is 10.5 Å². The second kappa shape index (κ2) is 5.64. The van der Waals surface area contributed by atoms with Crippen LogP contribution in [0.5, 0.6) is 0 Å². The fourth-order valence-electron chi connectivity index (χ4n) is 1.14. The van der Waals surface area contributed by atoms with E-state index in [9.17, 15) is 5.11 Å². The second-order valence-electron chi connectivity index (χ2n) is 3.05. The molecule has 0 heterocycles. The largest absolute Gasteiger partial charge is 0.390 e. The van der Waals surface area contributed by atoms with Crippen molar-refractivity contribution in [2.45, 2.75) is 12.5 Å². The molecule has 4 nitrogen and oxygen atoms in total. The molecule has 0 aliphatic heterocycles. The van der Waals surface area contributed by atoms with Crippen LogP contribution in [0.2, 0.25) is 0 Å². The van der Waals surface area contributed by atoms with Crippen molar-refractivity contribution in [2.75, 3.05) is 11.9 Å². The van der Waals surface area contributed by atoms with Crippen LogP contribution in [-0.2, 0) is 0 Å². The highest BCUT2D eigenvalue weighted by Crippen LogP contribution is 2.13. The van der Waals surface area contributed by atoms with Gasteiger partial charge >= 0.3 is 0 Å². The number of nitriles is 2. The van der Waals surface area contributed by atoms with E-state index in [1.54, 1.807) is 24.3 Å². The van der Waals surface area contributed by atoms with E-state index < -0.39 is 6.10 Å². The Labute approximate surface area is 88.4 Å². The number of rotatable bonds is 4. The summed E-state index contributed by atoms with van der Waals surface area (Å²) in [5.74, 6) is 0. The first-order valence-electron chi connectivity index (χ1n) is 4.56. The molecule has 0 spiro atoms. The Balaban J connectivity index is 2.59. The maximum absolute atomic E-state index is 9.31. The Morgan fingerprint density at radius 3 is 2.73 bits per heavy atom. The number of anilines is 1. The summed E-state index contributed by atoms with van der Waals surface area (Å²) >= 11 is 0. The highest BCUT2D eigenvalue weighted by Gasteiger charge is 2.04. The quantitative estimate of drug-likeness (QED) is 0.768. The molecule has 0 radical (unpaired) electrons. The van der Waals surface area contributed by atoms with Crippen LogP contribution in [0, 0.1) is 22.7 Å². The summed E-state index contributed by atoms with van der Waals surface area (Å²) < 4.78 is 0. The van der Waals surface area contributed by atoms with Crippen molar-refractivity contribution in [1.82, 2.24) is 0 Å². The highest BCUT2D eigenvalue weighted by molar-refractivity contribution is 5.57. The number of hydrogen-bond donors (Lipinski definition) is 2. The van der Waals surface area contributed by atoms with E-state index in [0.29, 0.717) is 11.3 Å². The molecule has 1 aromatic carbocycles. The molecule has 0 aliphatic carbocycles. The van der Waals surface area contributed by atoms with E-state index in [2.05, 4.69) is 5.32 Å². The molecule has 0 aliphatic rings. The predicted molar refractivity (Wildman–Crippen MR) is 55.9 cm³/mol. The summed E-state index contributed by atoms with van der Waals surface area (Å²) in [7, 11) is 0. The normalized spacial score (nSPS) is 11.1. The third-order valence-corrected chi connectivity index (χ3v) is 1.90. The molecule has 1 atom stereocenters. The van der Waals surface area contributed by atoms with Crippen LogP contribution in [0.3, 0.4) is 0 Å². The van der Waals surface area contributed by atoms with Crippen LogP contribution >= 0.6 is 0 Å². The molecule has 0 bridgehead atoms. The lowest BCUT2D eigenvalue weighted by Crippen LogP contribution is -2.19. The van der Waals surface area contributed by atoms with E-state index in [0.717, 1.165) is 0 Å². The van der Waals surface area contributed by atoms with Crippen LogP contribution in [0.15, 0.2) is 24.3 Å². The van der Waals surface area contributed by atoms with E-state index >= 15 is 0 Å². The number of aliphatic hydroxyl groups excluding tert-OH is 1. The third-order valence-electron chi connectivity index (χ3n) is 1.90. The number of hydrogen-bond acceptors (Lipinski definition) is 4. The Kier molecular flexibility index (Phi) is 4.15. The Morgan fingerprint density at radius 1 is 1.33 bits per heavy atom. The monoisotopic (exact) mass is 201 g/mol. The lowest BCUT2D eigenvalue weighted by Gasteiger charge is -2.10. The zero-order chi connectivity index (χ0) is 11.1. The van der Waals surface area contributed by atoms with E-state index in [4.69, 9.17) is 10.5 Å². The fraction of sp³-hybridized carbons (Fsp3) is 0.273. The molecule has 76 valence electrons. The van der Waals surface area contributed by atoms with E-state index in [1.165, 1.54) is 0 Å². The highest BCUT2D eigenvalue weighted by atomic mass is 16.3. The number of nitrogens with one attached hydrogen (secondary N) is 1. The van der Waals surface area contributed by atoms with Crippen LogP contribution in [0.1, 0.15) is 12.0 Å². The predicted octanol–water partition coefficient (Wildman–Crippen LogP) is 1.24. The molecule has 0 fully saturated rings. The zero-order valence-corrected chi connectivity index (χ0v) is 8.14. The maximum atomic E-state index is 9.31. The number of para-hydroxylation sites is 1. The van der Waals surface area contributed by atoms with Crippen LogP contribution in [0.4, 0.5) is 5.69 Å². The molecule has 1 rings (SSSR count). The molecular formula is C11H11N3O. The van der Waals surface area contributed by atoms with Gasteiger partial charge in [-0.25, -0.2) is 0 Å². The molecule has 2 N–H and O–H groups in total. The SMILES string of the molecule is N#CCC(O)CNc1ccccc1C#N. The van der Waals surface area contributed by atoms with Crippen molar-refractivity contribution in [2.24, 2.45) is 0 Å². The minimum Gasteiger partial charge on any atom is -0.390 e. The van der Waals surface area contributed by atoms with Gasteiger partial charge in [0.05, 0.1) is 29.8 Å². The van der Waals surface area contributed by atoms with Crippen LogP contribution in [-0.4, -0.2) is 17.8 Å². The summed E-state index contributed by atoms with van der Waals surface area (Å²) in [4.78, 5) is 0. The van der Waals surface area contributed by atoms with Crippen molar-refractivity contribution in [3.8, 4) is 12.1 Å². The maximum Gasteiger partial charge on any atom is 0.101 e. The summed E-state index contributed by atoms with van der Waals surface area (Å²) in [6.07, 6.45) is -0.622. The molecule has 0 amide bonds. The van der Waals surface area contributed by atoms with Crippen molar-refractivity contribution < 1.29 is 5.11 Å². The molecule has 0 saturated carbocycles. The standard InChI is InChI=1S/C11H11N3O/c12-6-5-10(15)8-14-11-4-2-1-3-9(11)7-13/h1-4,10,14-15H,5,8H2. The topological polar surface area (TPSA) is 79.8 Å². The van der Waals surface area contributed by atoms with Gasteiger partial charge in [-0.15, -0.1) is 0 Å². The molecule has 0 aromatic heterocycles. The van der Waals surface area contributed by atoms with Crippen molar-refractivity contribution in [1.29, 1.82) is 10.5 Å². The number of benzene rings is 1. The van der Waals surface area contributed by atoms with Gasteiger partial charge in [-0.3, -0.25) is 0 Å². The Bertz CT molecular complexity index is 403. The average molecular weight is 201 g/mol. The molecule has 4 heteroatoms.